The highest BCUT2D eigenvalue weighted by atomic mass is 32.2. The Morgan fingerprint density at radius 3 is 2.24 bits per heavy atom. The highest BCUT2D eigenvalue weighted by molar-refractivity contribution is 7.90. The summed E-state index contributed by atoms with van der Waals surface area (Å²) in [5.41, 5.74) is 0. The third-order valence-electron chi connectivity index (χ3n) is 3.13. The number of carbonyl (C=O) groups excluding carboxylic acids is 1. The van der Waals surface area contributed by atoms with Crippen molar-refractivity contribution in [2.45, 2.75) is 33.1 Å². The molecule has 0 aromatic rings. The van der Waals surface area contributed by atoms with Crippen LogP contribution in [-0.2, 0) is 14.6 Å². The molecule has 0 saturated carbocycles. The number of piperidine rings is 1. The predicted molar refractivity (Wildman–Crippen MR) is 68.5 cm³/mol. The van der Waals surface area contributed by atoms with Gasteiger partial charge in [0.15, 0.2) is 0 Å². The molecule has 4 nitrogen and oxygen atoms in total. The van der Waals surface area contributed by atoms with E-state index in [1.165, 1.54) is 12.7 Å². The Morgan fingerprint density at radius 2 is 1.76 bits per heavy atom. The summed E-state index contributed by atoms with van der Waals surface area (Å²) >= 11 is 0. The number of sulfone groups is 1. The third kappa shape index (κ3) is 5.52. The van der Waals surface area contributed by atoms with Crippen LogP contribution in [0.4, 0.5) is 0 Å². The van der Waals surface area contributed by atoms with Crippen LogP contribution in [0.15, 0.2) is 0 Å². The van der Waals surface area contributed by atoms with Crippen LogP contribution in [0, 0.1) is 11.8 Å². The van der Waals surface area contributed by atoms with Gasteiger partial charge in [0.25, 0.3) is 0 Å². The van der Waals surface area contributed by atoms with E-state index in [9.17, 15) is 13.2 Å². The molecule has 1 aliphatic heterocycles. The van der Waals surface area contributed by atoms with Crippen molar-refractivity contribution in [2.75, 3.05) is 25.1 Å². The first kappa shape index (κ1) is 14.5. The van der Waals surface area contributed by atoms with Gasteiger partial charge >= 0.3 is 0 Å². The summed E-state index contributed by atoms with van der Waals surface area (Å²) in [6.07, 6.45) is 3.18. The number of nitrogens with zero attached hydrogens (tertiary/aromatic N) is 1. The minimum absolute atomic E-state index is 0.104. The molecule has 0 aliphatic carbocycles. The maximum Gasteiger partial charge on any atom is 0.222 e. The molecule has 2 unspecified atom stereocenters. The zero-order valence-electron chi connectivity index (χ0n) is 11.0. The zero-order chi connectivity index (χ0) is 13.1. The van der Waals surface area contributed by atoms with Crippen molar-refractivity contribution in [3.8, 4) is 0 Å². The fourth-order valence-electron chi connectivity index (χ4n) is 2.51. The summed E-state index contributed by atoms with van der Waals surface area (Å²) in [5, 5.41) is 0. The lowest BCUT2D eigenvalue weighted by molar-refractivity contribution is -0.133. The Balaban J connectivity index is 2.37. The Morgan fingerprint density at radius 1 is 1.24 bits per heavy atom. The van der Waals surface area contributed by atoms with Crippen molar-refractivity contribution >= 4 is 15.7 Å². The second kappa shape index (κ2) is 5.85. The minimum Gasteiger partial charge on any atom is -0.342 e. The molecule has 1 saturated heterocycles. The summed E-state index contributed by atoms with van der Waals surface area (Å²) in [7, 11) is -2.94. The van der Waals surface area contributed by atoms with Gasteiger partial charge in [-0.1, -0.05) is 13.8 Å². The summed E-state index contributed by atoms with van der Waals surface area (Å²) < 4.78 is 21.9. The van der Waals surface area contributed by atoms with E-state index in [0.717, 1.165) is 13.1 Å². The largest absolute Gasteiger partial charge is 0.342 e. The molecule has 1 amide bonds. The molecule has 0 aromatic heterocycles. The summed E-state index contributed by atoms with van der Waals surface area (Å²) in [4.78, 5) is 13.8. The maximum atomic E-state index is 11.9. The van der Waals surface area contributed by atoms with Gasteiger partial charge in [-0.3, -0.25) is 4.79 Å². The number of likely N-dealkylation sites (tertiary alicyclic amines) is 1. The molecule has 1 heterocycles. The quantitative estimate of drug-likeness (QED) is 0.767. The monoisotopic (exact) mass is 261 g/mol. The van der Waals surface area contributed by atoms with E-state index in [1.807, 2.05) is 4.90 Å². The van der Waals surface area contributed by atoms with Crippen LogP contribution < -0.4 is 0 Å². The first-order chi connectivity index (χ1) is 7.78. The molecule has 1 rings (SSSR count). The molecular formula is C12H23NO3S. The first-order valence-electron chi connectivity index (χ1n) is 6.23. The van der Waals surface area contributed by atoms with Crippen molar-refractivity contribution in [3.63, 3.8) is 0 Å². The van der Waals surface area contributed by atoms with E-state index in [4.69, 9.17) is 0 Å². The van der Waals surface area contributed by atoms with Crippen LogP contribution in [0.2, 0.25) is 0 Å². The molecule has 0 radical (unpaired) electrons. The van der Waals surface area contributed by atoms with Crippen LogP contribution in [0.1, 0.15) is 33.1 Å². The average molecular weight is 261 g/mol. The van der Waals surface area contributed by atoms with Crippen LogP contribution in [-0.4, -0.2) is 44.3 Å². The highest BCUT2D eigenvalue weighted by Gasteiger charge is 2.24. The molecule has 0 bridgehead atoms. The molecule has 1 aliphatic rings. The Hall–Kier alpha value is -0.580. The van der Waals surface area contributed by atoms with Crippen molar-refractivity contribution in [3.05, 3.63) is 0 Å². The predicted octanol–water partition coefficient (Wildman–Crippen LogP) is 1.32. The van der Waals surface area contributed by atoms with Gasteiger partial charge in [-0.2, -0.15) is 0 Å². The maximum absolute atomic E-state index is 11.9. The Kier molecular flexibility index (Phi) is 4.98. The van der Waals surface area contributed by atoms with Crippen LogP contribution in [0.25, 0.3) is 0 Å². The lowest BCUT2D eigenvalue weighted by Crippen LogP contribution is -2.42. The van der Waals surface area contributed by atoms with E-state index in [1.54, 1.807) is 0 Å². The van der Waals surface area contributed by atoms with Crippen LogP contribution in [0.5, 0.6) is 0 Å². The van der Waals surface area contributed by atoms with Gasteiger partial charge < -0.3 is 4.90 Å². The minimum atomic E-state index is -2.94. The number of rotatable bonds is 4. The molecule has 100 valence electrons. The van der Waals surface area contributed by atoms with Crippen LogP contribution >= 0.6 is 0 Å². The zero-order valence-corrected chi connectivity index (χ0v) is 11.8. The number of hydrogen-bond acceptors (Lipinski definition) is 3. The van der Waals surface area contributed by atoms with E-state index >= 15 is 0 Å². The standard InChI is InChI=1S/C12H23NO3S/c1-10-7-11(2)9-13(8-10)12(14)5-4-6-17(3,15)16/h10-11H,4-9H2,1-3H3. The van der Waals surface area contributed by atoms with Gasteiger partial charge in [0, 0.05) is 25.8 Å². The Bertz CT molecular complexity index is 354. The summed E-state index contributed by atoms with van der Waals surface area (Å²) in [6.45, 7) is 5.96. The second-order valence-corrected chi connectivity index (χ2v) is 7.74. The molecule has 0 N–H and O–H groups in total. The van der Waals surface area contributed by atoms with Crippen molar-refractivity contribution in [2.24, 2.45) is 11.8 Å². The van der Waals surface area contributed by atoms with Gasteiger partial charge in [0.2, 0.25) is 5.91 Å². The highest BCUT2D eigenvalue weighted by Crippen LogP contribution is 2.21. The van der Waals surface area contributed by atoms with E-state index in [-0.39, 0.29) is 11.7 Å². The molecule has 5 heteroatoms. The molecule has 17 heavy (non-hydrogen) atoms. The van der Waals surface area contributed by atoms with Gasteiger partial charge in [-0.15, -0.1) is 0 Å². The normalized spacial score (nSPS) is 25.9. The van der Waals surface area contributed by atoms with Crippen molar-refractivity contribution in [1.29, 1.82) is 0 Å². The molecule has 1 fully saturated rings. The van der Waals surface area contributed by atoms with Gasteiger partial charge in [-0.05, 0) is 24.7 Å². The fourth-order valence-corrected chi connectivity index (χ4v) is 3.18. The van der Waals surface area contributed by atoms with E-state index in [2.05, 4.69) is 13.8 Å². The molecule has 0 aromatic carbocycles. The first-order valence-corrected chi connectivity index (χ1v) is 8.29. The average Bonchev–Trinajstić information content (AvgIpc) is 2.13. The number of carbonyl (C=O) groups is 1. The molecule has 0 spiro atoms. The number of hydrogen-bond donors (Lipinski definition) is 0. The fraction of sp³-hybridized carbons (Fsp3) is 0.917. The SMILES string of the molecule is CC1CC(C)CN(C(=O)CCCS(C)(=O)=O)C1. The summed E-state index contributed by atoms with van der Waals surface area (Å²) in [6, 6.07) is 0. The van der Waals surface area contributed by atoms with E-state index in [0.29, 0.717) is 24.7 Å². The lowest BCUT2D eigenvalue weighted by Gasteiger charge is -2.35. The van der Waals surface area contributed by atoms with Gasteiger partial charge in [-0.25, -0.2) is 8.42 Å². The molecular weight excluding hydrogens is 238 g/mol. The second-order valence-electron chi connectivity index (χ2n) is 5.48. The topological polar surface area (TPSA) is 54.5 Å². The third-order valence-corrected chi connectivity index (χ3v) is 4.16. The number of amides is 1. The van der Waals surface area contributed by atoms with Crippen molar-refractivity contribution in [1.82, 2.24) is 4.90 Å². The van der Waals surface area contributed by atoms with Crippen molar-refractivity contribution < 1.29 is 13.2 Å². The Labute approximate surface area is 104 Å². The summed E-state index contributed by atoms with van der Waals surface area (Å²) in [5.74, 6) is 1.32. The van der Waals surface area contributed by atoms with Crippen LogP contribution in [0.3, 0.4) is 0 Å². The van der Waals surface area contributed by atoms with Gasteiger partial charge in [0.05, 0.1) is 5.75 Å². The molecule has 2 atom stereocenters. The van der Waals surface area contributed by atoms with E-state index < -0.39 is 9.84 Å². The lowest BCUT2D eigenvalue weighted by atomic mass is 9.92. The smallest absolute Gasteiger partial charge is 0.222 e. The van der Waals surface area contributed by atoms with Gasteiger partial charge in [0.1, 0.15) is 9.84 Å².